The maximum atomic E-state index is 12.7. The zero-order valence-electron chi connectivity index (χ0n) is 10.9. The number of nitrogens with two attached hydrogens (primary N) is 1. The summed E-state index contributed by atoms with van der Waals surface area (Å²) >= 11 is 9.56. The number of hydrogen-bond acceptors (Lipinski definition) is 2. The summed E-state index contributed by atoms with van der Waals surface area (Å²) in [5.74, 6) is 0.418. The van der Waals surface area contributed by atoms with Gasteiger partial charge >= 0.3 is 0 Å². The Morgan fingerprint density at radius 3 is 3.00 bits per heavy atom. The highest BCUT2D eigenvalue weighted by Crippen LogP contribution is 2.30. The van der Waals surface area contributed by atoms with Crippen LogP contribution in [0.25, 0.3) is 0 Å². The van der Waals surface area contributed by atoms with E-state index >= 15 is 0 Å². The second-order valence-electron chi connectivity index (χ2n) is 5.02. The van der Waals surface area contributed by atoms with Gasteiger partial charge in [-0.25, -0.2) is 0 Å². The minimum absolute atomic E-state index is 0.0201. The van der Waals surface area contributed by atoms with Gasteiger partial charge in [0.05, 0.1) is 10.6 Å². The summed E-state index contributed by atoms with van der Waals surface area (Å²) in [5, 5.41) is 0.474. The highest BCUT2D eigenvalue weighted by Gasteiger charge is 2.32. The number of nitrogens with zero attached hydrogens (tertiary/aromatic N) is 1. The first kappa shape index (κ1) is 14.8. The van der Waals surface area contributed by atoms with E-state index in [-0.39, 0.29) is 11.9 Å². The molecule has 2 N–H and O–H groups in total. The Hall–Kier alpha value is -0.580. The fraction of sp³-hybridized carbons (Fsp3) is 0.500. The molecule has 1 aromatic rings. The molecule has 0 bridgehead atoms. The van der Waals surface area contributed by atoms with Crippen molar-refractivity contribution in [2.24, 2.45) is 11.7 Å². The molecule has 2 rings (SSSR count). The van der Waals surface area contributed by atoms with E-state index in [1.807, 2.05) is 17.0 Å². The zero-order chi connectivity index (χ0) is 14.0. The maximum absolute atomic E-state index is 12.7. The molecule has 1 aromatic carbocycles. The van der Waals surface area contributed by atoms with Gasteiger partial charge in [-0.3, -0.25) is 4.79 Å². The van der Waals surface area contributed by atoms with Gasteiger partial charge in [0.15, 0.2) is 0 Å². The molecule has 0 saturated carbocycles. The van der Waals surface area contributed by atoms with E-state index in [0.717, 1.165) is 23.9 Å². The number of likely N-dealkylation sites (tertiary alicyclic amines) is 1. The van der Waals surface area contributed by atoms with E-state index < -0.39 is 0 Å². The Morgan fingerprint density at radius 1 is 1.58 bits per heavy atom. The molecular formula is C14H18BrClN2O. The number of piperidine rings is 1. The SMILES string of the molecule is CC1CCCN(C(=O)c2cccc(Br)c2Cl)C1CN. The van der Waals surface area contributed by atoms with Crippen molar-refractivity contribution < 1.29 is 4.79 Å². The van der Waals surface area contributed by atoms with Gasteiger partial charge in [-0.15, -0.1) is 0 Å². The van der Waals surface area contributed by atoms with Crippen molar-refractivity contribution in [3.63, 3.8) is 0 Å². The van der Waals surface area contributed by atoms with Crippen molar-refractivity contribution in [1.82, 2.24) is 4.90 Å². The number of rotatable bonds is 2. The summed E-state index contributed by atoms with van der Waals surface area (Å²) < 4.78 is 0.745. The lowest BCUT2D eigenvalue weighted by Gasteiger charge is -2.39. The minimum Gasteiger partial charge on any atom is -0.334 e. The van der Waals surface area contributed by atoms with Crippen LogP contribution in [0, 0.1) is 5.92 Å². The molecule has 1 aliphatic rings. The lowest BCUT2D eigenvalue weighted by molar-refractivity contribution is 0.0532. The number of halogens is 2. The molecule has 5 heteroatoms. The molecule has 2 unspecified atom stereocenters. The minimum atomic E-state index is -0.0201. The van der Waals surface area contributed by atoms with Gasteiger partial charge in [0.1, 0.15) is 0 Å². The van der Waals surface area contributed by atoms with Gasteiger partial charge < -0.3 is 10.6 Å². The van der Waals surface area contributed by atoms with E-state index in [1.54, 1.807) is 6.07 Å². The number of carbonyl (C=O) groups excluding carboxylic acids is 1. The molecule has 1 saturated heterocycles. The molecular weight excluding hydrogens is 328 g/mol. The summed E-state index contributed by atoms with van der Waals surface area (Å²) in [6, 6.07) is 5.53. The first-order chi connectivity index (χ1) is 9.06. The third kappa shape index (κ3) is 2.96. The van der Waals surface area contributed by atoms with Crippen LogP contribution >= 0.6 is 27.5 Å². The fourth-order valence-electron chi connectivity index (χ4n) is 2.68. The second-order valence-corrected chi connectivity index (χ2v) is 6.25. The Bertz CT molecular complexity index is 481. The van der Waals surface area contributed by atoms with Crippen LogP contribution in [0.15, 0.2) is 22.7 Å². The van der Waals surface area contributed by atoms with Crippen LogP contribution in [-0.4, -0.2) is 29.9 Å². The Morgan fingerprint density at radius 2 is 2.32 bits per heavy atom. The zero-order valence-corrected chi connectivity index (χ0v) is 13.2. The van der Waals surface area contributed by atoms with E-state index in [2.05, 4.69) is 22.9 Å². The predicted molar refractivity (Wildman–Crippen MR) is 81.4 cm³/mol. The highest BCUT2D eigenvalue weighted by molar-refractivity contribution is 9.10. The van der Waals surface area contributed by atoms with Crippen LogP contribution in [0.2, 0.25) is 5.02 Å². The van der Waals surface area contributed by atoms with Gasteiger partial charge in [0, 0.05) is 23.6 Å². The fourth-order valence-corrected chi connectivity index (χ4v) is 3.26. The molecule has 104 valence electrons. The van der Waals surface area contributed by atoms with Crippen molar-refractivity contribution in [2.75, 3.05) is 13.1 Å². The van der Waals surface area contributed by atoms with Crippen LogP contribution in [0.4, 0.5) is 0 Å². The summed E-state index contributed by atoms with van der Waals surface area (Å²) in [5.41, 5.74) is 6.38. The van der Waals surface area contributed by atoms with E-state index in [4.69, 9.17) is 17.3 Å². The number of benzene rings is 1. The van der Waals surface area contributed by atoms with Crippen LogP contribution < -0.4 is 5.73 Å². The topological polar surface area (TPSA) is 46.3 Å². The number of carbonyl (C=O) groups is 1. The molecule has 19 heavy (non-hydrogen) atoms. The van der Waals surface area contributed by atoms with Gasteiger partial charge in [0.25, 0.3) is 5.91 Å². The lowest BCUT2D eigenvalue weighted by atomic mass is 9.90. The lowest BCUT2D eigenvalue weighted by Crippen LogP contribution is -2.51. The highest BCUT2D eigenvalue weighted by atomic mass is 79.9. The molecule has 2 atom stereocenters. The summed E-state index contributed by atoms with van der Waals surface area (Å²) in [6.45, 7) is 3.41. The molecule has 1 fully saturated rings. The van der Waals surface area contributed by atoms with Gasteiger partial charge in [0.2, 0.25) is 0 Å². The Balaban J connectivity index is 2.29. The molecule has 1 aliphatic heterocycles. The second kappa shape index (κ2) is 6.25. The van der Waals surface area contributed by atoms with Crippen molar-refractivity contribution in [3.8, 4) is 0 Å². The van der Waals surface area contributed by atoms with Crippen molar-refractivity contribution in [3.05, 3.63) is 33.3 Å². The molecule has 3 nitrogen and oxygen atoms in total. The Labute approximate surface area is 127 Å². The molecule has 0 aromatic heterocycles. The predicted octanol–water partition coefficient (Wildman–Crippen LogP) is 3.30. The quantitative estimate of drug-likeness (QED) is 0.894. The van der Waals surface area contributed by atoms with Crippen molar-refractivity contribution in [1.29, 1.82) is 0 Å². The number of amides is 1. The van der Waals surface area contributed by atoms with Gasteiger partial charge in [-0.05, 0) is 46.8 Å². The normalized spacial score (nSPS) is 23.5. The van der Waals surface area contributed by atoms with Gasteiger partial charge in [-0.2, -0.15) is 0 Å². The summed E-state index contributed by atoms with van der Waals surface area (Å²) in [6.07, 6.45) is 2.15. The van der Waals surface area contributed by atoms with E-state index in [1.165, 1.54) is 0 Å². The molecule has 0 radical (unpaired) electrons. The van der Waals surface area contributed by atoms with Gasteiger partial charge in [-0.1, -0.05) is 24.6 Å². The third-order valence-electron chi connectivity index (χ3n) is 3.80. The Kier molecular flexibility index (Phi) is 4.87. The first-order valence-corrected chi connectivity index (χ1v) is 7.68. The summed E-state index contributed by atoms with van der Waals surface area (Å²) in [7, 11) is 0. The van der Waals surface area contributed by atoms with Crippen LogP contribution in [0.5, 0.6) is 0 Å². The largest absolute Gasteiger partial charge is 0.334 e. The maximum Gasteiger partial charge on any atom is 0.255 e. The van der Waals surface area contributed by atoms with Crippen molar-refractivity contribution in [2.45, 2.75) is 25.8 Å². The average molecular weight is 346 g/mol. The molecule has 1 amide bonds. The monoisotopic (exact) mass is 344 g/mol. The van der Waals surface area contributed by atoms with E-state index in [9.17, 15) is 4.79 Å². The standard InChI is InChI=1S/C14H18BrClN2O/c1-9-4-3-7-18(12(9)8-17)14(19)10-5-2-6-11(15)13(10)16/h2,5-6,9,12H,3-4,7-8,17H2,1H3. The third-order valence-corrected chi connectivity index (χ3v) is 5.10. The smallest absolute Gasteiger partial charge is 0.255 e. The molecule has 0 spiro atoms. The van der Waals surface area contributed by atoms with Crippen molar-refractivity contribution >= 4 is 33.4 Å². The van der Waals surface area contributed by atoms with Crippen LogP contribution in [0.3, 0.4) is 0 Å². The summed E-state index contributed by atoms with van der Waals surface area (Å²) in [4.78, 5) is 14.5. The molecule has 0 aliphatic carbocycles. The average Bonchev–Trinajstić information content (AvgIpc) is 2.41. The van der Waals surface area contributed by atoms with Crippen LogP contribution in [0.1, 0.15) is 30.1 Å². The molecule has 1 heterocycles. The number of hydrogen-bond donors (Lipinski definition) is 1. The van der Waals surface area contributed by atoms with E-state index in [0.29, 0.717) is 23.0 Å². The van der Waals surface area contributed by atoms with Crippen LogP contribution in [-0.2, 0) is 0 Å². The first-order valence-electron chi connectivity index (χ1n) is 6.51.